The van der Waals surface area contributed by atoms with Crippen LogP contribution < -0.4 is 5.73 Å². The van der Waals surface area contributed by atoms with Gasteiger partial charge < -0.3 is 10.6 Å². The standard InChI is InChI=1S/C12H20N2O/c1-9-3-2-6-14(8-9)12(15)7-11(13)10-4-5-10/h3,10-11H,2,4-8,13H2,1H3. The fourth-order valence-electron chi connectivity index (χ4n) is 2.15. The zero-order valence-corrected chi connectivity index (χ0v) is 9.41. The number of hydrogen-bond acceptors (Lipinski definition) is 2. The van der Waals surface area contributed by atoms with Crippen LogP contribution in [-0.4, -0.2) is 29.9 Å². The number of carbonyl (C=O) groups is 1. The minimum Gasteiger partial charge on any atom is -0.338 e. The smallest absolute Gasteiger partial charge is 0.224 e. The molecular formula is C12H20N2O. The number of nitrogens with two attached hydrogens (primary N) is 1. The summed E-state index contributed by atoms with van der Waals surface area (Å²) >= 11 is 0. The van der Waals surface area contributed by atoms with E-state index in [-0.39, 0.29) is 11.9 Å². The van der Waals surface area contributed by atoms with E-state index in [1.54, 1.807) is 0 Å². The predicted octanol–water partition coefficient (Wildman–Crippen LogP) is 1.29. The highest BCUT2D eigenvalue weighted by Crippen LogP contribution is 2.33. The van der Waals surface area contributed by atoms with Gasteiger partial charge in [0.05, 0.1) is 0 Å². The van der Waals surface area contributed by atoms with E-state index in [0.717, 1.165) is 19.5 Å². The van der Waals surface area contributed by atoms with E-state index in [9.17, 15) is 4.79 Å². The van der Waals surface area contributed by atoms with Gasteiger partial charge in [0.15, 0.2) is 0 Å². The normalized spacial score (nSPS) is 23.6. The first-order valence-corrected chi connectivity index (χ1v) is 5.86. The van der Waals surface area contributed by atoms with Crippen LogP contribution in [0.2, 0.25) is 0 Å². The second-order valence-electron chi connectivity index (χ2n) is 4.86. The molecule has 3 heteroatoms. The molecule has 1 heterocycles. The maximum Gasteiger partial charge on any atom is 0.224 e. The Morgan fingerprint density at radius 2 is 2.40 bits per heavy atom. The molecule has 0 aromatic carbocycles. The average molecular weight is 208 g/mol. The summed E-state index contributed by atoms with van der Waals surface area (Å²) in [7, 11) is 0. The summed E-state index contributed by atoms with van der Waals surface area (Å²) in [5.41, 5.74) is 7.26. The molecule has 0 radical (unpaired) electrons. The Bertz CT molecular complexity index is 281. The van der Waals surface area contributed by atoms with Gasteiger partial charge in [-0.15, -0.1) is 0 Å². The zero-order valence-electron chi connectivity index (χ0n) is 9.41. The Labute approximate surface area is 91.3 Å². The van der Waals surface area contributed by atoms with E-state index in [1.165, 1.54) is 18.4 Å². The first kappa shape index (κ1) is 10.7. The molecule has 1 aliphatic heterocycles. The lowest BCUT2D eigenvalue weighted by molar-refractivity contribution is -0.131. The number of carbonyl (C=O) groups excluding carboxylic acids is 1. The Balaban J connectivity index is 1.82. The largest absolute Gasteiger partial charge is 0.338 e. The molecular weight excluding hydrogens is 188 g/mol. The molecule has 2 rings (SSSR count). The van der Waals surface area contributed by atoms with Gasteiger partial charge in [0.1, 0.15) is 0 Å². The maximum atomic E-state index is 11.9. The molecule has 0 spiro atoms. The molecule has 1 unspecified atom stereocenters. The Morgan fingerprint density at radius 1 is 1.67 bits per heavy atom. The molecule has 3 nitrogen and oxygen atoms in total. The summed E-state index contributed by atoms with van der Waals surface area (Å²) in [4.78, 5) is 13.8. The Hall–Kier alpha value is -0.830. The lowest BCUT2D eigenvalue weighted by Crippen LogP contribution is -2.39. The predicted molar refractivity (Wildman–Crippen MR) is 60.3 cm³/mol. The minimum atomic E-state index is 0.101. The third kappa shape index (κ3) is 2.81. The molecule has 0 saturated heterocycles. The van der Waals surface area contributed by atoms with E-state index in [4.69, 9.17) is 5.73 Å². The van der Waals surface area contributed by atoms with Crippen LogP contribution >= 0.6 is 0 Å². The van der Waals surface area contributed by atoms with Gasteiger partial charge in [0.25, 0.3) is 0 Å². The van der Waals surface area contributed by atoms with Crippen LogP contribution in [0.25, 0.3) is 0 Å². The summed E-state index contributed by atoms with van der Waals surface area (Å²) in [6.45, 7) is 3.75. The lowest BCUT2D eigenvalue weighted by Gasteiger charge is -2.27. The zero-order chi connectivity index (χ0) is 10.8. The van der Waals surface area contributed by atoms with E-state index >= 15 is 0 Å². The van der Waals surface area contributed by atoms with Crippen molar-refractivity contribution in [2.75, 3.05) is 13.1 Å². The van der Waals surface area contributed by atoms with Crippen molar-refractivity contribution in [1.82, 2.24) is 4.90 Å². The third-order valence-electron chi connectivity index (χ3n) is 3.32. The van der Waals surface area contributed by atoms with Gasteiger partial charge in [-0.05, 0) is 32.1 Å². The summed E-state index contributed by atoms with van der Waals surface area (Å²) in [5, 5.41) is 0. The highest BCUT2D eigenvalue weighted by atomic mass is 16.2. The summed E-state index contributed by atoms with van der Waals surface area (Å²) in [6.07, 6.45) is 6.18. The second-order valence-corrected chi connectivity index (χ2v) is 4.86. The molecule has 0 aromatic heterocycles. The van der Waals surface area contributed by atoms with Crippen molar-refractivity contribution >= 4 is 5.91 Å². The molecule has 1 saturated carbocycles. The number of rotatable bonds is 3. The molecule has 1 fully saturated rings. The van der Waals surface area contributed by atoms with Gasteiger partial charge in [-0.3, -0.25) is 4.79 Å². The van der Waals surface area contributed by atoms with Gasteiger partial charge in [-0.2, -0.15) is 0 Å². The summed E-state index contributed by atoms with van der Waals surface area (Å²) < 4.78 is 0. The Morgan fingerprint density at radius 3 is 3.00 bits per heavy atom. The number of nitrogens with zero attached hydrogens (tertiary/aromatic N) is 1. The van der Waals surface area contributed by atoms with Crippen molar-refractivity contribution < 1.29 is 4.79 Å². The topological polar surface area (TPSA) is 46.3 Å². The molecule has 15 heavy (non-hydrogen) atoms. The maximum absolute atomic E-state index is 11.9. The van der Waals surface area contributed by atoms with E-state index in [2.05, 4.69) is 13.0 Å². The van der Waals surface area contributed by atoms with E-state index < -0.39 is 0 Å². The molecule has 1 amide bonds. The van der Waals surface area contributed by atoms with Crippen molar-refractivity contribution in [3.05, 3.63) is 11.6 Å². The van der Waals surface area contributed by atoms with Crippen LogP contribution in [0.4, 0.5) is 0 Å². The molecule has 1 atom stereocenters. The summed E-state index contributed by atoms with van der Waals surface area (Å²) in [5.74, 6) is 0.859. The van der Waals surface area contributed by atoms with Crippen molar-refractivity contribution in [2.45, 2.75) is 38.6 Å². The van der Waals surface area contributed by atoms with Crippen molar-refractivity contribution in [2.24, 2.45) is 11.7 Å². The quantitative estimate of drug-likeness (QED) is 0.710. The SMILES string of the molecule is CC1=CCCN(C(=O)CC(N)C2CC2)C1. The monoisotopic (exact) mass is 208 g/mol. The highest BCUT2D eigenvalue weighted by molar-refractivity contribution is 5.77. The Kier molecular flexibility index (Phi) is 3.10. The van der Waals surface area contributed by atoms with Crippen LogP contribution in [0.1, 0.15) is 32.6 Å². The van der Waals surface area contributed by atoms with E-state index in [1.807, 2.05) is 4.90 Å². The molecule has 0 aromatic rings. The highest BCUT2D eigenvalue weighted by Gasteiger charge is 2.31. The first-order chi connectivity index (χ1) is 7.16. The molecule has 0 bridgehead atoms. The molecule has 2 aliphatic rings. The number of hydrogen-bond donors (Lipinski definition) is 1. The fourth-order valence-corrected chi connectivity index (χ4v) is 2.15. The second kappa shape index (κ2) is 4.35. The van der Waals surface area contributed by atoms with Crippen LogP contribution in [0.5, 0.6) is 0 Å². The number of amides is 1. The first-order valence-electron chi connectivity index (χ1n) is 5.86. The van der Waals surface area contributed by atoms with Crippen LogP contribution in [0.15, 0.2) is 11.6 Å². The molecule has 2 N–H and O–H groups in total. The third-order valence-corrected chi connectivity index (χ3v) is 3.32. The molecule has 84 valence electrons. The summed E-state index contributed by atoms with van der Waals surface area (Å²) in [6, 6.07) is 0.101. The fraction of sp³-hybridized carbons (Fsp3) is 0.750. The van der Waals surface area contributed by atoms with E-state index in [0.29, 0.717) is 12.3 Å². The van der Waals surface area contributed by atoms with Crippen LogP contribution in [-0.2, 0) is 4.79 Å². The van der Waals surface area contributed by atoms with Gasteiger partial charge in [-0.1, -0.05) is 11.6 Å². The van der Waals surface area contributed by atoms with Crippen molar-refractivity contribution in [3.8, 4) is 0 Å². The minimum absolute atomic E-state index is 0.101. The van der Waals surface area contributed by atoms with Gasteiger partial charge >= 0.3 is 0 Å². The van der Waals surface area contributed by atoms with Crippen LogP contribution in [0, 0.1) is 5.92 Å². The average Bonchev–Trinajstić information content (AvgIpc) is 3.00. The van der Waals surface area contributed by atoms with Gasteiger partial charge in [0.2, 0.25) is 5.91 Å². The van der Waals surface area contributed by atoms with Gasteiger partial charge in [-0.25, -0.2) is 0 Å². The van der Waals surface area contributed by atoms with Gasteiger partial charge in [0, 0.05) is 25.6 Å². The lowest BCUT2D eigenvalue weighted by atomic mass is 10.1. The van der Waals surface area contributed by atoms with Crippen LogP contribution in [0.3, 0.4) is 0 Å². The molecule has 1 aliphatic carbocycles. The van der Waals surface area contributed by atoms with Crippen molar-refractivity contribution in [1.29, 1.82) is 0 Å². The van der Waals surface area contributed by atoms with Crippen molar-refractivity contribution in [3.63, 3.8) is 0 Å².